The number of ether oxygens (including phenoxy) is 4. The van der Waals surface area contributed by atoms with Gasteiger partial charge in [0.05, 0.1) is 98.5 Å². The maximum absolute atomic E-state index is 15.0. The zero-order valence-electron chi connectivity index (χ0n) is 43.9. The number of anilines is 6. The van der Waals surface area contributed by atoms with Gasteiger partial charge in [-0.05, 0) is 86.7 Å². The van der Waals surface area contributed by atoms with Crippen LogP contribution in [0.5, 0.6) is 0 Å². The Morgan fingerprint density at radius 3 is 2.24 bits per heavy atom. The van der Waals surface area contributed by atoms with E-state index in [2.05, 4.69) is 45.7 Å². The summed E-state index contributed by atoms with van der Waals surface area (Å²) >= 11 is 13.9. The van der Waals surface area contributed by atoms with E-state index in [0.29, 0.717) is 128 Å². The number of aromatic nitrogens is 6. The Labute approximate surface area is 466 Å². The molecule has 3 aromatic carbocycles. The van der Waals surface area contributed by atoms with E-state index in [4.69, 9.17) is 57.9 Å². The highest BCUT2D eigenvalue weighted by molar-refractivity contribution is 7.17. The third-order valence-electron chi connectivity index (χ3n) is 13.2. The van der Waals surface area contributed by atoms with Crippen LogP contribution in [-0.4, -0.2) is 151 Å². The molecule has 6 N–H and O–H groups in total. The third-order valence-corrected chi connectivity index (χ3v) is 14.7. The number of piperazine rings is 1. The number of benzene rings is 3. The summed E-state index contributed by atoms with van der Waals surface area (Å²) < 4.78 is 37.8. The van der Waals surface area contributed by atoms with Gasteiger partial charge in [0.1, 0.15) is 39.8 Å². The molecular weight excluding hydrogens is 1060 g/mol. The van der Waals surface area contributed by atoms with Gasteiger partial charge < -0.3 is 60.3 Å². The molecule has 0 radical (unpaired) electrons. The number of nitrogens with one attached hydrogen (secondary N) is 4. The molecule has 19 nitrogen and oxygen atoms in total. The van der Waals surface area contributed by atoms with Crippen LogP contribution in [0, 0.1) is 26.6 Å². The van der Waals surface area contributed by atoms with Gasteiger partial charge in [0.25, 0.3) is 5.91 Å². The van der Waals surface area contributed by atoms with Gasteiger partial charge in [0, 0.05) is 74.7 Å². The molecule has 0 aliphatic carbocycles. The van der Waals surface area contributed by atoms with Crippen LogP contribution in [0.1, 0.15) is 45.9 Å². The first-order valence-corrected chi connectivity index (χ1v) is 27.6. The molecule has 9 rings (SSSR count). The number of carbonyl (C=O) groups excluding carboxylic acids is 2. The van der Waals surface area contributed by atoms with E-state index >= 15 is 4.39 Å². The molecule has 7 aromatic rings. The Balaban J connectivity index is 0.661. The zero-order valence-corrected chi connectivity index (χ0v) is 46.2. The summed E-state index contributed by atoms with van der Waals surface area (Å²) in [6, 6.07) is 17.9. The van der Waals surface area contributed by atoms with Crippen molar-refractivity contribution in [2.24, 2.45) is 5.73 Å². The number of nitrogens with two attached hydrogens (primary N) is 1. The number of aromatic amines is 1. The fraction of sp³-hybridized carbons (Fsp3) is 0.400. The second-order valence-corrected chi connectivity index (χ2v) is 20.9. The average Bonchev–Trinajstić information content (AvgIpc) is 4.26. The number of para-hydroxylation sites is 1. The van der Waals surface area contributed by atoms with Gasteiger partial charge in [-0.25, -0.2) is 29.3 Å². The average molecular weight is 1130 g/mol. The van der Waals surface area contributed by atoms with Crippen molar-refractivity contribution >= 4 is 91.3 Å². The monoisotopic (exact) mass is 1120 g/mol. The number of rotatable bonds is 24. The minimum absolute atomic E-state index is 0.0227. The van der Waals surface area contributed by atoms with Gasteiger partial charge >= 0.3 is 0 Å². The number of halogens is 3. The lowest BCUT2D eigenvalue weighted by atomic mass is 9.96. The summed E-state index contributed by atoms with van der Waals surface area (Å²) in [6.07, 6.45) is 5.23. The van der Waals surface area contributed by atoms with Crippen LogP contribution in [-0.2, 0) is 23.7 Å². The number of piperidine rings is 1. The minimum atomic E-state index is -0.315. The van der Waals surface area contributed by atoms with Crippen molar-refractivity contribution in [3.05, 3.63) is 111 Å². The lowest BCUT2D eigenvalue weighted by Crippen LogP contribution is -2.49. The number of imidazole rings is 1. The van der Waals surface area contributed by atoms with E-state index < -0.39 is 0 Å². The van der Waals surface area contributed by atoms with E-state index in [9.17, 15) is 9.59 Å². The van der Waals surface area contributed by atoms with Gasteiger partial charge in [0.2, 0.25) is 5.91 Å². The van der Waals surface area contributed by atoms with Crippen LogP contribution in [0.4, 0.5) is 38.4 Å². The Morgan fingerprint density at radius 2 is 1.51 bits per heavy atom. The topological polar surface area (TPSA) is 223 Å². The number of hydrogen-bond acceptors (Lipinski definition) is 17. The number of carbonyl (C=O) groups is 2. The molecule has 2 aliphatic rings. The van der Waals surface area contributed by atoms with Crippen LogP contribution >= 0.6 is 34.5 Å². The predicted molar refractivity (Wildman–Crippen MR) is 305 cm³/mol. The zero-order chi connectivity index (χ0) is 54.5. The number of amides is 2. The molecular formula is C55H64Cl2FN13O6S. The molecule has 412 valence electrons. The Hall–Kier alpha value is -6.56. The lowest BCUT2D eigenvalue weighted by molar-refractivity contribution is -0.132. The molecule has 0 spiro atoms. The summed E-state index contributed by atoms with van der Waals surface area (Å²) in [5.74, 6) is 2.47. The van der Waals surface area contributed by atoms with Crippen molar-refractivity contribution in [3.63, 3.8) is 0 Å². The molecule has 2 saturated heterocycles. The van der Waals surface area contributed by atoms with Crippen LogP contribution < -0.4 is 31.5 Å². The van der Waals surface area contributed by atoms with Crippen LogP contribution in [0.3, 0.4) is 0 Å². The molecule has 2 amide bonds. The number of pyridine rings is 1. The van der Waals surface area contributed by atoms with Crippen molar-refractivity contribution in [3.8, 4) is 22.5 Å². The number of nitrogens with zero attached hydrogens (tertiary/aromatic N) is 8. The summed E-state index contributed by atoms with van der Waals surface area (Å²) in [5.41, 5.74) is 13.5. The highest BCUT2D eigenvalue weighted by atomic mass is 35.5. The van der Waals surface area contributed by atoms with Crippen molar-refractivity contribution in [1.29, 1.82) is 0 Å². The molecule has 2 aliphatic heterocycles. The molecule has 4 aromatic heterocycles. The molecule has 0 atom stereocenters. The Bertz CT molecular complexity index is 3150. The predicted octanol–water partition coefficient (Wildman–Crippen LogP) is 9.05. The summed E-state index contributed by atoms with van der Waals surface area (Å²) in [5, 5.41) is 10.8. The minimum Gasteiger partial charge on any atom is -0.379 e. The maximum Gasteiger partial charge on any atom is 0.267 e. The highest BCUT2D eigenvalue weighted by Crippen LogP contribution is 2.45. The largest absolute Gasteiger partial charge is 0.379 e. The highest BCUT2D eigenvalue weighted by Gasteiger charge is 2.31. The van der Waals surface area contributed by atoms with Gasteiger partial charge in [0.15, 0.2) is 5.13 Å². The molecule has 0 bridgehead atoms. The van der Waals surface area contributed by atoms with E-state index in [-0.39, 0.29) is 36.7 Å². The quantitative estimate of drug-likeness (QED) is 0.0356. The number of aryl methyl sites for hydroxylation is 3. The molecule has 78 heavy (non-hydrogen) atoms. The Morgan fingerprint density at radius 1 is 0.795 bits per heavy atom. The first-order chi connectivity index (χ1) is 37.8. The number of thiazole rings is 1. The van der Waals surface area contributed by atoms with Crippen molar-refractivity contribution < 1.29 is 32.9 Å². The second kappa shape index (κ2) is 26.9. The molecule has 0 unspecified atom stereocenters. The second-order valence-electron chi connectivity index (χ2n) is 19.0. The summed E-state index contributed by atoms with van der Waals surface area (Å²) in [7, 11) is 0. The van der Waals surface area contributed by atoms with Gasteiger partial charge in [-0.3, -0.25) is 9.59 Å². The van der Waals surface area contributed by atoms with Gasteiger partial charge in [-0.15, -0.1) is 0 Å². The Kier molecular flexibility index (Phi) is 19.3. The fourth-order valence-corrected chi connectivity index (χ4v) is 10.5. The molecule has 2 fully saturated rings. The molecule has 23 heteroatoms. The van der Waals surface area contributed by atoms with Crippen molar-refractivity contribution in [2.75, 3.05) is 124 Å². The smallest absolute Gasteiger partial charge is 0.267 e. The van der Waals surface area contributed by atoms with Crippen LogP contribution in [0.25, 0.3) is 33.5 Å². The van der Waals surface area contributed by atoms with E-state index in [1.807, 2.05) is 61.3 Å². The normalized spacial score (nSPS) is 14.1. The third kappa shape index (κ3) is 14.8. The fourth-order valence-electron chi connectivity index (χ4n) is 9.33. The van der Waals surface area contributed by atoms with E-state index in [1.165, 1.54) is 23.6 Å². The number of hydrogen-bond donors (Lipinski definition) is 5. The molecule has 0 saturated carbocycles. The molecule has 6 heterocycles. The SMILES string of the molecule is Cc1cc(F)cc(-c2cnc(N3CCN(C(=O)CCOCCOCCOCCOCCNc4cc(Nc5ncc(C(=O)Nc6c(C)cccc6Cl)s5)nc(C)n4)CC3)c(-c3nc4cc(Cl)ccc4[nH]3)c2N2CCC(N)CC2)c1. The lowest BCUT2D eigenvalue weighted by Gasteiger charge is -2.39. The first kappa shape index (κ1) is 56.2. The van der Waals surface area contributed by atoms with Crippen molar-refractivity contribution in [1.82, 2.24) is 34.8 Å². The van der Waals surface area contributed by atoms with E-state index in [0.717, 1.165) is 76.3 Å². The summed E-state index contributed by atoms with van der Waals surface area (Å²) in [6.45, 7) is 12.7. The van der Waals surface area contributed by atoms with Gasteiger partial charge in [-0.1, -0.05) is 52.7 Å². The number of H-pyrrole nitrogens is 1. The van der Waals surface area contributed by atoms with E-state index in [1.54, 1.807) is 25.1 Å². The number of fused-ring (bicyclic) bond motifs is 1. The standard InChI is InChI=1S/C55H64Cl2FN13O6S/c1-34-27-37(29-39(58)28-34)41-32-61-53(49(51(41)70-13-9-40(59)10-14-70)52-65-43-8-7-38(56)30-44(43)66-52)71-17-15-69(16-18-71)48(72)11-19-74-21-23-76-25-26-77-24-22-75-20-12-60-46-31-47(64-36(3)63-46)67-55-62-33-45(78-55)54(73)68-50-35(2)5-4-6-42(50)57/h4-8,27-33,40H,9-26,59H2,1-3H3,(H,65,66)(H,68,73)(H2,60,62,63,64,67). The van der Waals surface area contributed by atoms with Crippen LogP contribution in [0.2, 0.25) is 10.0 Å². The summed E-state index contributed by atoms with van der Waals surface area (Å²) in [4.78, 5) is 60.0. The van der Waals surface area contributed by atoms with Gasteiger partial charge in [-0.2, -0.15) is 0 Å². The maximum atomic E-state index is 15.0. The first-order valence-electron chi connectivity index (χ1n) is 26.0. The van der Waals surface area contributed by atoms with Crippen molar-refractivity contribution in [2.45, 2.75) is 46.1 Å². The van der Waals surface area contributed by atoms with Crippen LogP contribution in [0.15, 0.2) is 73.1 Å².